The highest BCUT2D eigenvalue weighted by molar-refractivity contribution is 6.01. The number of aromatic hydroxyl groups is 2. The van der Waals surface area contributed by atoms with E-state index in [0.717, 1.165) is 5.56 Å². The van der Waals surface area contributed by atoms with Gasteiger partial charge in [-0.2, -0.15) is 5.26 Å². The van der Waals surface area contributed by atoms with E-state index in [1.54, 1.807) is 20.3 Å². The molecule has 140 valence electrons. The molecular formula is C20H20N2O5. The monoisotopic (exact) mass is 368 g/mol. The molecule has 0 saturated carbocycles. The molecule has 0 bridgehead atoms. The number of rotatable bonds is 7. The highest BCUT2D eigenvalue weighted by Gasteiger charge is 2.10. The number of hydrogen-bond donors (Lipinski definition) is 3. The summed E-state index contributed by atoms with van der Waals surface area (Å²) in [5, 5.41) is 30.7. The molecule has 0 aliphatic carbocycles. The smallest absolute Gasteiger partial charge is 0.261 e. The third-order valence-corrected chi connectivity index (χ3v) is 3.82. The summed E-state index contributed by atoms with van der Waals surface area (Å²) in [5.41, 5.74) is 1.27. The van der Waals surface area contributed by atoms with Crippen molar-refractivity contribution in [2.45, 2.75) is 6.42 Å². The summed E-state index contributed by atoms with van der Waals surface area (Å²) >= 11 is 0. The first-order valence-corrected chi connectivity index (χ1v) is 8.11. The van der Waals surface area contributed by atoms with Crippen molar-refractivity contribution in [1.82, 2.24) is 5.32 Å². The topological polar surface area (TPSA) is 112 Å². The van der Waals surface area contributed by atoms with E-state index in [2.05, 4.69) is 5.32 Å². The average Bonchev–Trinajstić information content (AvgIpc) is 2.68. The first-order valence-electron chi connectivity index (χ1n) is 8.11. The molecule has 0 aliphatic heterocycles. The lowest BCUT2D eigenvalue weighted by molar-refractivity contribution is -0.117. The Morgan fingerprint density at radius 2 is 1.85 bits per heavy atom. The van der Waals surface area contributed by atoms with Gasteiger partial charge in [0, 0.05) is 6.54 Å². The van der Waals surface area contributed by atoms with Crippen molar-refractivity contribution >= 4 is 12.0 Å². The van der Waals surface area contributed by atoms with Crippen LogP contribution in [0.1, 0.15) is 11.1 Å². The predicted octanol–water partition coefficient (Wildman–Crippen LogP) is 2.38. The molecule has 0 fully saturated rings. The van der Waals surface area contributed by atoms with Gasteiger partial charge in [-0.25, -0.2) is 0 Å². The largest absolute Gasteiger partial charge is 0.504 e. The number of benzene rings is 2. The van der Waals surface area contributed by atoms with E-state index < -0.39 is 5.91 Å². The van der Waals surface area contributed by atoms with Gasteiger partial charge in [-0.15, -0.1) is 0 Å². The highest BCUT2D eigenvalue weighted by atomic mass is 16.5. The molecule has 1 amide bonds. The van der Waals surface area contributed by atoms with Crippen LogP contribution in [0.25, 0.3) is 6.08 Å². The number of methoxy groups -OCH3 is 2. The number of amides is 1. The number of nitriles is 1. The van der Waals surface area contributed by atoms with E-state index in [1.807, 2.05) is 18.2 Å². The summed E-state index contributed by atoms with van der Waals surface area (Å²) in [6.45, 7) is 0.328. The van der Waals surface area contributed by atoms with Crippen molar-refractivity contribution in [2.75, 3.05) is 20.8 Å². The van der Waals surface area contributed by atoms with Crippen LogP contribution in [-0.4, -0.2) is 36.9 Å². The molecule has 2 aromatic carbocycles. The van der Waals surface area contributed by atoms with Gasteiger partial charge in [0.05, 0.1) is 14.2 Å². The summed E-state index contributed by atoms with van der Waals surface area (Å²) in [6.07, 6.45) is 1.88. The van der Waals surface area contributed by atoms with Gasteiger partial charge in [0.1, 0.15) is 11.6 Å². The maximum Gasteiger partial charge on any atom is 0.261 e. The molecule has 0 radical (unpaired) electrons. The Bertz CT molecular complexity index is 900. The van der Waals surface area contributed by atoms with Crippen LogP contribution in [0.2, 0.25) is 0 Å². The van der Waals surface area contributed by atoms with Crippen molar-refractivity contribution in [1.29, 1.82) is 5.26 Å². The fourth-order valence-electron chi connectivity index (χ4n) is 2.40. The zero-order valence-corrected chi connectivity index (χ0v) is 15.0. The maximum absolute atomic E-state index is 12.2. The van der Waals surface area contributed by atoms with E-state index in [4.69, 9.17) is 9.47 Å². The average molecular weight is 368 g/mol. The SMILES string of the molecule is COc1ccc(CCNC(=O)/C(C#N)=C\c2ccc(O)c(O)c2)cc1OC. The van der Waals surface area contributed by atoms with E-state index >= 15 is 0 Å². The molecule has 0 aromatic heterocycles. The van der Waals surface area contributed by atoms with Gasteiger partial charge in [0.25, 0.3) is 5.91 Å². The van der Waals surface area contributed by atoms with Crippen molar-refractivity contribution in [2.24, 2.45) is 0 Å². The lowest BCUT2D eigenvalue weighted by Gasteiger charge is -2.10. The van der Waals surface area contributed by atoms with E-state index in [0.29, 0.717) is 30.0 Å². The Balaban J connectivity index is 2.00. The number of nitrogens with one attached hydrogen (secondary N) is 1. The van der Waals surface area contributed by atoms with E-state index in [-0.39, 0.29) is 17.1 Å². The zero-order valence-electron chi connectivity index (χ0n) is 15.0. The van der Waals surface area contributed by atoms with Crippen LogP contribution in [0.15, 0.2) is 42.0 Å². The fourth-order valence-corrected chi connectivity index (χ4v) is 2.40. The second-order valence-electron chi connectivity index (χ2n) is 5.61. The van der Waals surface area contributed by atoms with Crippen molar-refractivity contribution in [3.8, 4) is 29.1 Å². The molecule has 0 saturated heterocycles. The predicted molar refractivity (Wildman–Crippen MR) is 99.6 cm³/mol. The van der Waals surface area contributed by atoms with Gasteiger partial charge >= 0.3 is 0 Å². The first-order chi connectivity index (χ1) is 13.0. The van der Waals surface area contributed by atoms with Gasteiger partial charge < -0.3 is 25.0 Å². The van der Waals surface area contributed by atoms with Crippen LogP contribution in [0.4, 0.5) is 0 Å². The number of nitrogens with zero attached hydrogens (tertiary/aromatic N) is 1. The standard InChI is InChI=1S/C20H20N2O5/c1-26-18-6-4-13(11-19(18)27-2)7-8-22-20(25)15(12-21)9-14-3-5-16(23)17(24)10-14/h3-6,9-11,23-24H,7-8H2,1-2H3,(H,22,25)/b15-9-. The Labute approximate surface area is 157 Å². The molecule has 0 spiro atoms. The van der Waals surface area contributed by atoms with Gasteiger partial charge in [-0.1, -0.05) is 12.1 Å². The summed E-state index contributed by atoms with van der Waals surface area (Å²) in [6, 6.07) is 11.4. The zero-order chi connectivity index (χ0) is 19.8. The lowest BCUT2D eigenvalue weighted by Crippen LogP contribution is -2.26. The normalized spacial score (nSPS) is 10.8. The van der Waals surface area contributed by atoms with Gasteiger partial charge in [0.15, 0.2) is 23.0 Å². The molecule has 7 nitrogen and oxygen atoms in total. The Morgan fingerprint density at radius 1 is 1.11 bits per heavy atom. The van der Waals surface area contributed by atoms with Gasteiger partial charge in [-0.3, -0.25) is 4.79 Å². The molecule has 3 N–H and O–H groups in total. The first kappa shape index (κ1) is 19.7. The minimum Gasteiger partial charge on any atom is -0.504 e. The minimum atomic E-state index is -0.523. The van der Waals surface area contributed by atoms with Crippen LogP contribution in [0.5, 0.6) is 23.0 Å². The Hall–Kier alpha value is -3.66. The van der Waals surface area contributed by atoms with Crippen molar-refractivity contribution in [3.63, 3.8) is 0 Å². The maximum atomic E-state index is 12.2. The molecule has 0 unspecified atom stereocenters. The third-order valence-electron chi connectivity index (χ3n) is 3.82. The Kier molecular flexibility index (Phi) is 6.67. The quantitative estimate of drug-likeness (QED) is 0.393. The van der Waals surface area contributed by atoms with Crippen LogP contribution in [-0.2, 0) is 11.2 Å². The number of ether oxygens (including phenoxy) is 2. The molecule has 27 heavy (non-hydrogen) atoms. The van der Waals surface area contributed by atoms with Crippen molar-refractivity contribution in [3.05, 3.63) is 53.1 Å². The highest BCUT2D eigenvalue weighted by Crippen LogP contribution is 2.28. The molecule has 2 aromatic rings. The van der Waals surface area contributed by atoms with Gasteiger partial charge in [-0.05, 0) is 47.9 Å². The number of phenolic OH excluding ortho intramolecular Hbond substituents is 2. The second kappa shape index (κ2) is 9.15. The second-order valence-corrected chi connectivity index (χ2v) is 5.61. The molecule has 0 atom stereocenters. The van der Waals surface area contributed by atoms with Crippen LogP contribution in [0.3, 0.4) is 0 Å². The van der Waals surface area contributed by atoms with Crippen LogP contribution < -0.4 is 14.8 Å². The fraction of sp³-hybridized carbons (Fsp3) is 0.200. The molecule has 0 heterocycles. The summed E-state index contributed by atoms with van der Waals surface area (Å²) < 4.78 is 10.4. The number of phenols is 2. The molecule has 7 heteroatoms. The molecule has 2 rings (SSSR count). The van der Waals surface area contributed by atoms with Crippen LogP contribution in [0, 0.1) is 11.3 Å². The van der Waals surface area contributed by atoms with Gasteiger partial charge in [0.2, 0.25) is 0 Å². The molecular weight excluding hydrogens is 348 g/mol. The molecule has 0 aliphatic rings. The Morgan fingerprint density at radius 3 is 2.48 bits per heavy atom. The van der Waals surface area contributed by atoms with Crippen LogP contribution >= 0.6 is 0 Å². The lowest BCUT2D eigenvalue weighted by atomic mass is 10.1. The number of carbonyl (C=O) groups is 1. The third kappa shape index (κ3) is 5.16. The van der Waals surface area contributed by atoms with Crippen molar-refractivity contribution < 1.29 is 24.5 Å². The number of hydrogen-bond acceptors (Lipinski definition) is 6. The van der Waals surface area contributed by atoms with E-state index in [9.17, 15) is 20.3 Å². The summed E-state index contributed by atoms with van der Waals surface area (Å²) in [5.74, 6) is 0.105. The minimum absolute atomic E-state index is 0.104. The van der Waals surface area contributed by atoms with E-state index in [1.165, 1.54) is 24.3 Å². The summed E-state index contributed by atoms with van der Waals surface area (Å²) in [7, 11) is 3.11. The summed E-state index contributed by atoms with van der Waals surface area (Å²) in [4.78, 5) is 12.2. The number of carbonyl (C=O) groups excluding carboxylic acids is 1.